The number of halogens is 1. The highest BCUT2D eigenvalue weighted by atomic mass is 35.5. The fourth-order valence-corrected chi connectivity index (χ4v) is 4.18. The van der Waals surface area contributed by atoms with E-state index in [0.717, 1.165) is 10.5 Å². The van der Waals surface area contributed by atoms with E-state index in [1.807, 2.05) is 12.1 Å². The number of anilines is 1. The lowest BCUT2D eigenvalue weighted by atomic mass is 10.1. The van der Waals surface area contributed by atoms with E-state index in [4.69, 9.17) is 25.8 Å². The fraction of sp³-hybridized carbons (Fsp3) is 0.0645. The van der Waals surface area contributed by atoms with E-state index in [2.05, 4.69) is 0 Å². The Bertz CT molecular complexity index is 1540. The van der Waals surface area contributed by atoms with Gasteiger partial charge < -0.3 is 14.2 Å². The molecule has 4 aromatic rings. The second-order valence-corrected chi connectivity index (χ2v) is 9.00. The minimum absolute atomic E-state index is 0.272. The maximum Gasteiger partial charge on any atom is 0.336 e. The summed E-state index contributed by atoms with van der Waals surface area (Å²) >= 11 is 5.92. The molecular weight excluding hydrogens is 518 g/mol. The highest BCUT2D eigenvalue weighted by Gasteiger charge is 2.36. The largest absolute Gasteiger partial charge is 0.493 e. The van der Waals surface area contributed by atoms with E-state index >= 15 is 0 Å². The maximum atomic E-state index is 12.7. The predicted octanol–water partition coefficient (Wildman–Crippen LogP) is 6.35. The zero-order valence-corrected chi connectivity index (χ0v) is 21.6. The summed E-state index contributed by atoms with van der Waals surface area (Å²) in [5.74, 6) is -0.0205. The molecule has 0 N–H and O–H groups in total. The summed E-state index contributed by atoms with van der Waals surface area (Å²) in [6, 6.07) is 25.5. The molecule has 1 aliphatic rings. The number of esters is 1. The molecule has 7 nitrogen and oxygen atoms in total. The Morgan fingerprint density at radius 2 is 1.51 bits per heavy atom. The quantitative estimate of drug-likeness (QED) is 0.112. The first-order chi connectivity index (χ1) is 18.9. The topological polar surface area (TPSA) is 82.1 Å². The van der Waals surface area contributed by atoms with Gasteiger partial charge in [0.25, 0.3) is 11.8 Å². The van der Waals surface area contributed by atoms with Gasteiger partial charge in [-0.3, -0.25) is 9.59 Å². The van der Waals surface area contributed by atoms with Gasteiger partial charge in [-0.1, -0.05) is 41.9 Å². The molecule has 0 radical (unpaired) electrons. The molecule has 8 heteroatoms. The van der Waals surface area contributed by atoms with Crippen LogP contribution in [0.3, 0.4) is 0 Å². The minimum atomic E-state index is -0.592. The van der Waals surface area contributed by atoms with Crippen LogP contribution in [0.1, 0.15) is 31.8 Å². The van der Waals surface area contributed by atoms with Crippen molar-refractivity contribution < 1.29 is 28.6 Å². The van der Waals surface area contributed by atoms with Crippen LogP contribution in [0.4, 0.5) is 5.69 Å². The SMILES string of the molecule is COc1cc(/C=C/C(=O)Oc2ccc(N3C(=O)c4ccccc4C3=O)cc2)ccc1OCc1ccc(Cl)cc1. The first-order valence-electron chi connectivity index (χ1n) is 12.0. The van der Waals surface area contributed by atoms with Gasteiger partial charge in [0.05, 0.1) is 23.9 Å². The zero-order chi connectivity index (χ0) is 27.4. The smallest absolute Gasteiger partial charge is 0.336 e. The van der Waals surface area contributed by atoms with Crippen molar-refractivity contribution in [2.75, 3.05) is 12.0 Å². The van der Waals surface area contributed by atoms with Crippen molar-refractivity contribution in [3.63, 3.8) is 0 Å². The number of ether oxygens (including phenoxy) is 3. The normalized spacial score (nSPS) is 12.5. The number of imide groups is 1. The summed E-state index contributed by atoms with van der Waals surface area (Å²) in [6.45, 7) is 0.348. The van der Waals surface area contributed by atoms with E-state index < -0.39 is 5.97 Å². The summed E-state index contributed by atoms with van der Waals surface area (Å²) in [5, 5.41) is 0.657. The van der Waals surface area contributed by atoms with Crippen LogP contribution < -0.4 is 19.1 Å². The Kier molecular flexibility index (Phi) is 7.43. The Morgan fingerprint density at radius 1 is 0.846 bits per heavy atom. The Morgan fingerprint density at radius 3 is 2.15 bits per heavy atom. The van der Waals surface area contributed by atoms with Gasteiger partial charge in [0.2, 0.25) is 0 Å². The summed E-state index contributed by atoms with van der Waals surface area (Å²) in [5.41, 5.74) is 2.79. The second-order valence-electron chi connectivity index (χ2n) is 8.57. The van der Waals surface area contributed by atoms with Crippen LogP contribution in [0.25, 0.3) is 6.08 Å². The molecule has 0 bridgehead atoms. The van der Waals surface area contributed by atoms with Crippen molar-refractivity contribution in [1.82, 2.24) is 0 Å². The fourth-order valence-electron chi connectivity index (χ4n) is 4.05. The first kappa shape index (κ1) is 25.8. The van der Waals surface area contributed by atoms with Crippen LogP contribution in [-0.2, 0) is 11.4 Å². The molecule has 0 aromatic heterocycles. The number of fused-ring (bicyclic) bond motifs is 1. The molecule has 5 rings (SSSR count). The maximum absolute atomic E-state index is 12.7. The molecule has 0 atom stereocenters. The zero-order valence-electron chi connectivity index (χ0n) is 20.8. The number of nitrogens with zero attached hydrogens (tertiary/aromatic N) is 1. The molecule has 0 fully saturated rings. The number of amides is 2. The Labute approximate surface area is 229 Å². The lowest BCUT2D eigenvalue weighted by Gasteiger charge is -2.14. The van der Waals surface area contributed by atoms with Crippen molar-refractivity contribution in [1.29, 1.82) is 0 Å². The lowest BCUT2D eigenvalue weighted by Crippen LogP contribution is -2.29. The predicted molar refractivity (Wildman–Crippen MR) is 147 cm³/mol. The number of hydrogen-bond donors (Lipinski definition) is 0. The van der Waals surface area contributed by atoms with Gasteiger partial charge in [0.1, 0.15) is 12.4 Å². The molecular formula is C31H22ClNO6. The Hall–Kier alpha value is -4.88. The van der Waals surface area contributed by atoms with Gasteiger partial charge in [-0.15, -0.1) is 0 Å². The molecule has 0 aliphatic carbocycles. The minimum Gasteiger partial charge on any atom is -0.493 e. The highest BCUT2D eigenvalue weighted by Crippen LogP contribution is 2.31. The number of hydrogen-bond acceptors (Lipinski definition) is 6. The molecule has 4 aromatic carbocycles. The van der Waals surface area contributed by atoms with Gasteiger partial charge >= 0.3 is 5.97 Å². The summed E-state index contributed by atoms with van der Waals surface area (Å²) in [7, 11) is 1.54. The van der Waals surface area contributed by atoms with Crippen LogP contribution >= 0.6 is 11.6 Å². The second kappa shape index (κ2) is 11.2. The van der Waals surface area contributed by atoms with Crippen LogP contribution in [0, 0.1) is 0 Å². The van der Waals surface area contributed by atoms with E-state index in [0.29, 0.717) is 45.5 Å². The average Bonchev–Trinajstić information content (AvgIpc) is 3.22. The molecule has 1 heterocycles. The molecule has 39 heavy (non-hydrogen) atoms. The van der Waals surface area contributed by atoms with Crippen molar-refractivity contribution in [3.05, 3.63) is 124 Å². The van der Waals surface area contributed by atoms with Gasteiger partial charge in [-0.25, -0.2) is 9.69 Å². The molecule has 2 amide bonds. The number of carbonyl (C=O) groups is 3. The third-order valence-corrected chi connectivity index (χ3v) is 6.27. The highest BCUT2D eigenvalue weighted by molar-refractivity contribution is 6.34. The van der Waals surface area contributed by atoms with Gasteiger partial charge in [-0.2, -0.15) is 0 Å². The monoisotopic (exact) mass is 539 g/mol. The van der Waals surface area contributed by atoms with Crippen molar-refractivity contribution in [3.8, 4) is 17.2 Å². The van der Waals surface area contributed by atoms with Crippen LogP contribution in [0.2, 0.25) is 5.02 Å². The van der Waals surface area contributed by atoms with Crippen molar-refractivity contribution in [2.24, 2.45) is 0 Å². The average molecular weight is 540 g/mol. The van der Waals surface area contributed by atoms with E-state index in [9.17, 15) is 14.4 Å². The third-order valence-electron chi connectivity index (χ3n) is 6.01. The number of carbonyl (C=O) groups excluding carboxylic acids is 3. The molecule has 0 saturated carbocycles. The standard InChI is InChI=1S/C31H22ClNO6/c1-37-28-18-20(8-16-27(28)38-19-21-6-10-22(32)11-7-21)9-17-29(34)39-24-14-12-23(13-15-24)33-30(35)25-4-2-3-5-26(25)31(33)36/h2-18H,19H2,1H3/b17-9+. The van der Waals surface area contributed by atoms with Gasteiger partial charge in [-0.05, 0) is 77.9 Å². The van der Waals surface area contributed by atoms with Crippen molar-refractivity contribution >= 4 is 41.1 Å². The molecule has 0 spiro atoms. The third kappa shape index (κ3) is 5.68. The summed E-state index contributed by atoms with van der Waals surface area (Å²) in [4.78, 5) is 38.8. The van der Waals surface area contributed by atoms with E-state index in [-0.39, 0.29) is 17.6 Å². The van der Waals surface area contributed by atoms with Crippen molar-refractivity contribution in [2.45, 2.75) is 6.61 Å². The lowest BCUT2D eigenvalue weighted by molar-refractivity contribution is -0.128. The van der Waals surface area contributed by atoms with Gasteiger partial charge in [0.15, 0.2) is 11.5 Å². The van der Waals surface area contributed by atoms with Gasteiger partial charge in [0, 0.05) is 11.1 Å². The van der Waals surface area contributed by atoms with Crippen LogP contribution in [-0.4, -0.2) is 24.9 Å². The molecule has 0 saturated heterocycles. The number of benzene rings is 4. The Balaban J connectivity index is 1.20. The molecule has 0 unspecified atom stereocenters. The number of rotatable bonds is 8. The van der Waals surface area contributed by atoms with Crippen LogP contribution in [0.15, 0.2) is 97.1 Å². The van der Waals surface area contributed by atoms with Crippen LogP contribution in [0.5, 0.6) is 17.2 Å². The first-order valence-corrected chi connectivity index (χ1v) is 12.3. The summed E-state index contributed by atoms with van der Waals surface area (Å²) in [6.07, 6.45) is 2.89. The van der Waals surface area contributed by atoms with E-state index in [1.54, 1.807) is 72.8 Å². The summed E-state index contributed by atoms with van der Waals surface area (Å²) < 4.78 is 16.7. The van der Waals surface area contributed by atoms with E-state index in [1.165, 1.54) is 25.3 Å². The molecule has 194 valence electrons. The number of methoxy groups -OCH3 is 1. The molecule has 1 aliphatic heterocycles.